The lowest BCUT2D eigenvalue weighted by molar-refractivity contribution is -0.116. The van der Waals surface area contributed by atoms with Crippen LogP contribution < -0.4 is 15.5 Å². The van der Waals surface area contributed by atoms with Gasteiger partial charge in [0.05, 0.1) is 18.2 Å². The SMILES string of the molecule is CCc1ccc(NC(=O)[C@@H]2Sc3nnc(CC)n3N[C@@H]2c2ccc(OC)c(Cl)c2)cc1. The average molecular weight is 458 g/mol. The number of thioether (sulfide) groups is 1. The average Bonchev–Trinajstić information content (AvgIpc) is 3.20. The van der Waals surface area contributed by atoms with Crippen LogP contribution in [0.5, 0.6) is 5.75 Å². The molecule has 4 rings (SSSR count). The summed E-state index contributed by atoms with van der Waals surface area (Å²) in [7, 11) is 1.58. The molecule has 1 aliphatic rings. The minimum absolute atomic E-state index is 0.119. The van der Waals surface area contributed by atoms with Crippen LogP contribution in [0.4, 0.5) is 5.69 Å². The largest absolute Gasteiger partial charge is 0.495 e. The van der Waals surface area contributed by atoms with Gasteiger partial charge in [-0.25, -0.2) is 4.68 Å². The molecule has 2 N–H and O–H groups in total. The van der Waals surface area contributed by atoms with Gasteiger partial charge in [0.1, 0.15) is 11.0 Å². The van der Waals surface area contributed by atoms with Crippen molar-refractivity contribution in [3.05, 3.63) is 64.4 Å². The van der Waals surface area contributed by atoms with E-state index in [9.17, 15) is 4.79 Å². The molecule has 1 amide bonds. The van der Waals surface area contributed by atoms with Crippen molar-refractivity contribution in [1.82, 2.24) is 14.9 Å². The van der Waals surface area contributed by atoms with E-state index in [0.29, 0.717) is 15.9 Å². The number of aryl methyl sites for hydroxylation is 2. The van der Waals surface area contributed by atoms with Crippen LogP contribution in [-0.2, 0) is 17.6 Å². The summed E-state index contributed by atoms with van der Waals surface area (Å²) in [5.74, 6) is 1.28. The molecule has 0 saturated heterocycles. The second-order valence-corrected chi connectivity index (χ2v) is 8.68. The Hall–Kier alpha value is -2.71. The third kappa shape index (κ3) is 4.36. The van der Waals surface area contributed by atoms with Crippen LogP contribution in [0.1, 0.15) is 36.8 Å². The van der Waals surface area contributed by atoms with Gasteiger partial charge >= 0.3 is 0 Å². The molecular formula is C22H24ClN5O2S. The Kier molecular flexibility index (Phi) is 6.38. The molecule has 0 spiro atoms. The molecule has 0 bridgehead atoms. The number of carbonyl (C=O) groups is 1. The molecule has 1 aromatic heterocycles. The standard InChI is InChI=1S/C22H24ClN5O2S/c1-4-13-6-9-15(10-7-13)24-21(29)20-19(14-8-11-17(30-3)16(23)12-14)27-28-18(5-2)25-26-22(28)31-20/h6-12,19-20,27H,4-5H2,1-3H3,(H,24,29)/t19-,20-/m1/s1. The van der Waals surface area contributed by atoms with E-state index < -0.39 is 5.25 Å². The molecular weight excluding hydrogens is 434 g/mol. The van der Waals surface area contributed by atoms with Crippen LogP contribution in [0.2, 0.25) is 5.02 Å². The second-order valence-electron chi connectivity index (χ2n) is 7.17. The summed E-state index contributed by atoms with van der Waals surface area (Å²) in [6, 6.07) is 13.1. The lowest BCUT2D eigenvalue weighted by Gasteiger charge is -2.33. The van der Waals surface area contributed by atoms with E-state index in [0.717, 1.165) is 29.9 Å². The van der Waals surface area contributed by atoms with Gasteiger partial charge in [-0.1, -0.05) is 55.4 Å². The van der Waals surface area contributed by atoms with Crippen LogP contribution >= 0.6 is 23.4 Å². The topological polar surface area (TPSA) is 81.1 Å². The molecule has 9 heteroatoms. The molecule has 0 fully saturated rings. The number of aromatic nitrogens is 3. The Labute approximate surface area is 190 Å². The smallest absolute Gasteiger partial charge is 0.240 e. The molecule has 2 atom stereocenters. The van der Waals surface area contributed by atoms with Crippen molar-refractivity contribution in [2.45, 2.75) is 43.1 Å². The first-order chi connectivity index (χ1) is 15.0. The van der Waals surface area contributed by atoms with Gasteiger partial charge in [0.25, 0.3) is 0 Å². The van der Waals surface area contributed by atoms with Gasteiger partial charge in [-0.05, 0) is 41.8 Å². The molecule has 2 aromatic carbocycles. The fourth-order valence-corrected chi connectivity index (χ4v) is 4.86. The molecule has 0 unspecified atom stereocenters. The number of ether oxygens (including phenoxy) is 1. The van der Waals surface area contributed by atoms with Crippen molar-refractivity contribution in [2.24, 2.45) is 0 Å². The monoisotopic (exact) mass is 457 g/mol. The normalized spacial score (nSPS) is 17.5. The van der Waals surface area contributed by atoms with Crippen molar-refractivity contribution >= 4 is 35.0 Å². The summed E-state index contributed by atoms with van der Waals surface area (Å²) < 4.78 is 7.13. The van der Waals surface area contributed by atoms with Gasteiger partial charge in [-0.2, -0.15) is 0 Å². The van der Waals surface area contributed by atoms with E-state index in [4.69, 9.17) is 16.3 Å². The number of nitrogens with one attached hydrogen (secondary N) is 2. The quantitative estimate of drug-likeness (QED) is 0.568. The molecule has 0 aliphatic carbocycles. The van der Waals surface area contributed by atoms with Crippen LogP contribution in [0, 0.1) is 0 Å². The second kappa shape index (κ2) is 9.20. The van der Waals surface area contributed by atoms with E-state index in [1.165, 1.54) is 17.3 Å². The van der Waals surface area contributed by atoms with E-state index in [1.807, 2.05) is 54.1 Å². The number of rotatable bonds is 6. The fraction of sp³-hybridized carbons (Fsp3) is 0.318. The van der Waals surface area contributed by atoms with Crippen LogP contribution in [-0.4, -0.2) is 33.1 Å². The Morgan fingerprint density at radius 2 is 1.97 bits per heavy atom. The van der Waals surface area contributed by atoms with Crippen molar-refractivity contribution in [3.63, 3.8) is 0 Å². The summed E-state index contributed by atoms with van der Waals surface area (Å²) in [4.78, 5) is 13.3. The minimum atomic E-state index is -0.475. The predicted octanol–water partition coefficient (Wildman–Crippen LogP) is 4.46. The molecule has 1 aliphatic heterocycles. The van der Waals surface area contributed by atoms with E-state index >= 15 is 0 Å². The third-order valence-electron chi connectivity index (χ3n) is 5.24. The number of halogens is 1. The number of methoxy groups -OCH3 is 1. The highest BCUT2D eigenvalue weighted by molar-refractivity contribution is 8.00. The van der Waals surface area contributed by atoms with Gasteiger partial charge in [0.2, 0.25) is 11.1 Å². The van der Waals surface area contributed by atoms with Gasteiger partial charge in [0, 0.05) is 12.1 Å². The molecule has 0 saturated carbocycles. The predicted molar refractivity (Wildman–Crippen MR) is 124 cm³/mol. The molecule has 3 aromatic rings. The molecule has 0 radical (unpaired) electrons. The molecule has 31 heavy (non-hydrogen) atoms. The zero-order valence-corrected chi connectivity index (χ0v) is 19.1. The van der Waals surface area contributed by atoms with Gasteiger partial charge in [0.15, 0.2) is 5.82 Å². The number of carbonyl (C=O) groups excluding carboxylic acids is 1. The van der Waals surface area contributed by atoms with E-state index in [2.05, 4.69) is 27.9 Å². The first-order valence-corrected chi connectivity index (χ1v) is 11.4. The number of hydrogen-bond acceptors (Lipinski definition) is 6. The van der Waals surface area contributed by atoms with Gasteiger partial charge < -0.3 is 15.5 Å². The summed E-state index contributed by atoms with van der Waals surface area (Å²) >= 11 is 7.77. The molecule has 2 heterocycles. The lowest BCUT2D eigenvalue weighted by atomic mass is 10.0. The molecule has 7 nitrogen and oxygen atoms in total. The molecule has 162 valence electrons. The van der Waals surface area contributed by atoms with Crippen molar-refractivity contribution in [3.8, 4) is 5.75 Å². The lowest BCUT2D eigenvalue weighted by Crippen LogP contribution is -2.41. The highest BCUT2D eigenvalue weighted by Gasteiger charge is 2.38. The highest BCUT2D eigenvalue weighted by Crippen LogP contribution is 2.39. The number of nitrogens with zero attached hydrogens (tertiary/aromatic N) is 3. The maximum Gasteiger partial charge on any atom is 0.240 e. The Morgan fingerprint density at radius 1 is 1.19 bits per heavy atom. The summed E-state index contributed by atoms with van der Waals surface area (Å²) in [6.45, 7) is 4.12. The Balaban J connectivity index is 1.66. The minimum Gasteiger partial charge on any atom is -0.495 e. The summed E-state index contributed by atoms with van der Waals surface area (Å²) in [5, 5.41) is 12.2. The van der Waals surface area contributed by atoms with Crippen LogP contribution in [0.25, 0.3) is 0 Å². The number of fused-ring (bicyclic) bond motifs is 1. The first kappa shape index (κ1) is 21.5. The number of anilines is 1. The Morgan fingerprint density at radius 3 is 2.61 bits per heavy atom. The van der Waals surface area contributed by atoms with Crippen LogP contribution in [0.15, 0.2) is 47.6 Å². The van der Waals surface area contributed by atoms with E-state index in [-0.39, 0.29) is 11.9 Å². The van der Waals surface area contributed by atoms with Gasteiger partial charge in [-0.3, -0.25) is 4.79 Å². The zero-order valence-electron chi connectivity index (χ0n) is 17.6. The fourth-order valence-electron chi connectivity index (χ4n) is 3.49. The summed E-state index contributed by atoms with van der Waals surface area (Å²) in [5.41, 5.74) is 6.28. The van der Waals surface area contributed by atoms with Gasteiger partial charge in [-0.15, -0.1) is 10.2 Å². The first-order valence-electron chi connectivity index (χ1n) is 10.1. The van der Waals surface area contributed by atoms with E-state index in [1.54, 1.807) is 7.11 Å². The number of hydrogen-bond donors (Lipinski definition) is 2. The number of amides is 1. The highest BCUT2D eigenvalue weighted by atomic mass is 35.5. The maximum atomic E-state index is 13.3. The van der Waals surface area contributed by atoms with Crippen LogP contribution in [0.3, 0.4) is 0 Å². The maximum absolute atomic E-state index is 13.3. The number of benzene rings is 2. The zero-order chi connectivity index (χ0) is 22.0. The summed E-state index contributed by atoms with van der Waals surface area (Å²) in [6.07, 6.45) is 1.67. The van der Waals surface area contributed by atoms with Crippen molar-refractivity contribution in [1.29, 1.82) is 0 Å². The van der Waals surface area contributed by atoms with Crippen molar-refractivity contribution in [2.75, 3.05) is 17.9 Å². The Bertz CT molecular complexity index is 1090. The third-order valence-corrected chi connectivity index (χ3v) is 6.75. The van der Waals surface area contributed by atoms with Crippen molar-refractivity contribution < 1.29 is 9.53 Å².